The number of rotatable bonds is 1. The Bertz CT molecular complexity index is 368. The minimum absolute atomic E-state index is 0.0203. The monoisotopic (exact) mass is 220 g/mol. The van der Waals surface area contributed by atoms with E-state index in [4.69, 9.17) is 0 Å². The first-order valence-corrected chi connectivity index (χ1v) is 5.44. The molecule has 0 aromatic carbocycles. The SMILES string of the molecule is CC1CN(C(=O)c2cnccn2)CCN1C. The van der Waals surface area contributed by atoms with Gasteiger partial charge in [-0.2, -0.15) is 0 Å². The van der Waals surface area contributed by atoms with Crippen LogP contribution in [0.1, 0.15) is 17.4 Å². The molecule has 1 saturated heterocycles. The van der Waals surface area contributed by atoms with Gasteiger partial charge in [-0.3, -0.25) is 9.78 Å². The van der Waals surface area contributed by atoms with E-state index in [2.05, 4.69) is 28.8 Å². The molecule has 16 heavy (non-hydrogen) atoms. The van der Waals surface area contributed by atoms with Gasteiger partial charge >= 0.3 is 0 Å². The van der Waals surface area contributed by atoms with Crippen molar-refractivity contribution in [1.29, 1.82) is 0 Å². The summed E-state index contributed by atoms with van der Waals surface area (Å²) < 4.78 is 0. The molecule has 0 saturated carbocycles. The van der Waals surface area contributed by atoms with Gasteiger partial charge in [0.1, 0.15) is 5.69 Å². The molecule has 1 aliphatic heterocycles. The highest BCUT2D eigenvalue weighted by molar-refractivity contribution is 5.92. The Morgan fingerprint density at radius 1 is 1.44 bits per heavy atom. The lowest BCUT2D eigenvalue weighted by molar-refractivity contribution is 0.0566. The van der Waals surface area contributed by atoms with Crippen molar-refractivity contribution in [2.75, 3.05) is 26.7 Å². The Morgan fingerprint density at radius 3 is 2.88 bits per heavy atom. The van der Waals surface area contributed by atoms with Crippen LogP contribution in [0.2, 0.25) is 0 Å². The minimum atomic E-state index is -0.0203. The standard InChI is InChI=1S/C11H16N4O/c1-9-8-15(6-5-14(9)2)11(16)10-7-12-3-4-13-10/h3-4,7,9H,5-6,8H2,1-2H3. The zero-order valence-electron chi connectivity index (χ0n) is 9.63. The Balaban J connectivity index is 2.06. The first-order chi connectivity index (χ1) is 7.68. The number of nitrogens with zero attached hydrogens (tertiary/aromatic N) is 4. The van der Waals surface area contributed by atoms with Crippen molar-refractivity contribution in [3.8, 4) is 0 Å². The number of piperazine rings is 1. The van der Waals surface area contributed by atoms with E-state index >= 15 is 0 Å². The van der Waals surface area contributed by atoms with Crippen molar-refractivity contribution < 1.29 is 4.79 Å². The molecule has 1 atom stereocenters. The maximum atomic E-state index is 12.1. The third-order valence-electron chi connectivity index (χ3n) is 3.03. The Labute approximate surface area is 95.1 Å². The van der Waals surface area contributed by atoms with Crippen LogP contribution < -0.4 is 0 Å². The molecule has 1 aromatic rings. The molecule has 0 spiro atoms. The summed E-state index contributed by atoms with van der Waals surface area (Å²) in [5, 5.41) is 0. The molecule has 1 aliphatic rings. The smallest absolute Gasteiger partial charge is 0.274 e. The van der Waals surface area contributed by atoms with Crippen LogP contribution in [0.5, 0.6) is 0 Å². The molecule has 0 bridgehead atoms. The molecule has 1 amide bonds. The maximum absolute atomic E-state index is 12.1. The zero-order chi connectivity index (χ0) is 11.5. The molecule has 2 heterocycles. The lowest BCUT2D eigenvalue weighted by Gasteiger charge is -2.37. The number of hydrogen-bond acceptors (Lipinski definition) is 4. The fourth-order valence-electron chi connectivity index (χ4n) is 1.80. The fourth-order valence-corrected chi connectivity index (χ4v) is 1.80. The number of hydrogen-bond donors (Lipinski definition) is 0. The number of carbonyl (C=O) groups is 1. The van der Waals surface area contributed by atoms with Crippen LogP contribution in [0.15, 0.2) is 18.6 Å². The second-order valence-corrected chi connectivity index (χ2v) is 4.17. The number of carbonyl (C=O) groups excluding carboxylic acids is 1. The lowest BCUT2D eigenvalue weighted by Crippen LogP contribution is -2.52. The average Bonchev–Trinajstić information content (AvgIpc) is 2.33. The van der Waals surface area contributed by atoms with Gasteiger partial charge in [-0.25, -0.2) is 4.98 Å². The molecule has 1 aromatic heterocycles. The first kappa shape index (κ1) is 11.0. The van der Waals surface area contributed by atoms with Crippen molar-refractivity contribution in [3.05, 3.63) is 24.3 Å². The third kappa shape index (κ3) is 2.19. The first-order valence-electron chi connectivity index (χ1n) is 5.44. The molecule has 1 unspecified atom stereocenters. The zero-order valence-corrected chi connectivity index (χ0v) is 9.63. The second-order valence-electron chi connectivity index (χ2n) is 4.17. The van der Waals surface area contributed by atoms with E-state index < -0.39 is 0 Å². The number of aromatic nitrogens is 2. The summed E-state index contributed by atoms with van der Waals surface area (Å²) in [6.45, 7) is 4.55. The Morgan fingerprint density at radius 2 is 2.25 bits per heavy atom. The highest BCUT2D eigenvalue weighted by Gasteiger charge is 2.25. The van der Waals surface area contributed by atoms with Gasteiger partial charge in [0.15, 0.2) is 0 Å². The van der Waals surface area contributed by atoms with Gasteiger partial charge in [0.05, 0.1) is 6.20 Å². The molecular weight excluding hydrogens is 204 g/mol. The quantitative estimate of drug-likeness (QED) is 0.681. The van der Waals surface area contributed by atoms with E-state index in [9.17, 15) is 4.79 Å². The normalized spacial score (nSPS) is 22.1. The predicted octanol–water partition coefficient (Wildman–Crippen LogP) is 0.253. The Kier molecular flexibility index (Phi) is 3.14. The molecule has 0 N–H and O–H groups in total. The van der Waals surface area contributed by atoms with Gasteiger partial charge in [0, 0.05) is 38.1 Å². The van der Waals surface area contributed by atoms with Gasteiger partial charge < -0.3 is 9.80 Å². The summed E-state index contributed by atoms with van der Waals surface area (Å²) in [7, 11) is 2.08. The Hall–Kier alpha value is -1.49. The van der Waals surface area contributed by atoms with Gasteiger partial charge in [0.2, 0.25) is 0 Å². The van der Waals surface area contributed by atoms with Crippen molar-refractivity contribution in [2.45, 2.75) is 13.0 Å². The predicted molar refractivity (Wildman–Crippen MR) is 60.0 cm³/mol. The van der Waals surface area contributed by atoms with Crippen LogP contribution in [-0.4, -0.2) is 58.4 Å². The summed E-state index contributed by atoms with van der Waals surface area (Å²) in [4.78, 5) is 24.1. The van der Waals surface area contributed by atoms with Gasteiger partial charge in [0.25, 0.3) is 5.91 Å². The fraction of sp³-hybridized carbons (Fsp3) is 0.545. The third-order valence-corrected chi connectivity index (χ3v) is 3.03. The molecule has 86 valence electrons. The molecule has 1 fully saturated rings. The van der Waals surface area contributed by atoms with Crippen LogP contribution in [0.4, 0.5) is 0 Å². The van der Waals surface area contributed by atoms with Gasteiger partial charge in [-0.05, 0) is 14.0 Å². The summed E-state index contributed by atoms with van der Waals surface area (Å²) in [6.07, 6.45) is 4.64. The van der Waals surface area contributed by atoms with Crippen molar-refractivity contribution in [2.24, 2.45) is 0 Å². The van der Waals surface area contributed by atoms with Crippen LogP contribution in [0, 0.1) is 0 Å². The molecule has 0 radical (unpaired) electrons. The molecule has 2 rings (SSSR count). The van der Waals surface area contributed by atoms with Gasteiger partial charge in [-0.15, -0.1) is 0 Å². The highest BCUT2D eigenvalue weighted by atomic mass is 16.2. The molecular formula is C11H16N4O. The summed E-state index contributed by atoms with van der Waals surface area (Å²) >= 11 is 0. The van der Waals surface area contributed by atoms with Gasteiger partial charge in [-0.1, -0.05) is 0 Å². The van der Waals surface area contributed by atoms with Crippen LogP contribution in [0.3, 0.4) is 0 Å². The number of amides is 1. The summed E-state index contributed by atoms with van der Waals surface area (Å²) in [5.41, 5.74) is 0.430. The maximum Gasteiger partial charge on any atom is 0.274 e. The van der Waals surface area contributed by atoms with Crippen LogP contribution in [-0.2, 0) is 0 Å². The molecule has 5 nitrogen and oxygen atoms in total. The van der Waals surface area contributed by atoms with E-state index in [0.29, 0.717) is 11.7 Å². The van der Waals surface area contributed by atoms with Crippen LogP contribution >= 0.6 is 0 Å². The average molecular weight is 220 g/mol. The topological polar surface area (TPSA) is 49.3 Å². The van der Waals surface area contributed by atoms with E-state index in [0.717, 1.165) is 19.6 Å². The van der Waals surface area contributed by atoms with E-state index in [1.807, 2.05) is 4.90 Å². The van der Waals surface area contributed by atoms with Crippen LogP contribution in [0.25, 0.3) is 0 Å². The molecule has 0 aliphatic carbocycles. The highest BCUT2D eigenvalue weighted by Crippen LogP contribution is 2.09. The molecule has 5 heteroatoms. The van der Waals surface area contributed by atoms with E-state index in [-0.39, 0.29) is 5.91 Å². The largest absolute Gasteiger partial charge is 0.334 e. The van der Waals surface area contributed by atoms with E-state index in [1.54, 1.807) is 12.4 Å². The second kappa shape index (κ2) is 4.57. The lowest BCUT2D eigenvalue weighted by atomic mass is 10.2. The number of likely N-dealkylation sites (N-methyl/N-ethyl adjacent to an activating group) is 1. The summed E-state index contributed by atoms with van der Waals surface area (Å²) in [5.74, 6) is -0.0203. The minimum Gasteiger partial charge on any atom is -0.334 e. The summed E-state index contributed by atoms with van der Waals surface area (Å²) in [6, 6.07) is 0.398. The van der Waals surface area contributed by atoms with Crippen molar-refractivity contribution in [1.82, 2.24) is 19.8 Å². The van der Waals surface area contributed by atoms with E-state index in [1.165, 1.54) is 6.20 Å². The van der Waals surface area contributed by atoms with Crippen molar-refractivity contribution >= 4 is 5.91 Å². The van der Waals surface area contributed by atoms with Crippen molar-refractivity contribution in [3.63, 3.8) is 0 Å².